The van der Waals surface area contributed by atoms with Gasteiger partial charge in [-0.15, -0.1) is 0 Å². The van der Waals surface area contributed by atoms with Crippen LogP contribution in [0.4, 0.5) is 5.69 Å². The van der Waals surface area contributed by atoms with Gasteiger partial charge in [0, 0.05) is 12.6 Å². The Bertz CT molecular complexity index is 904. The fourth-order valence-electron chi connectivity index (χ4n) is 2.19. The number of para-hydroxylation sites is 1. The van der Waals surface area contributed by atoms with E-state index < -0.39 is 5.97 Å². The van der Waals surface area contributed by atoms with E-state index in [0.717, 1.165) is 0 Å². The van der Waals surface area contributed by atoms with Crippen molar-refractivity contribution in [3.63, 3.8) is 0 Å². The van der Waals surface area contributed by atoms with Gasteiger partial charge in [0.15, 0.2) is 5.17 Å². The van der Waals surface area contributed by atoms with Crippen LogP contribution in [0, 0.1) is 0 Å². The molecular weight excluding hydrogens is 340 g/mol. The minimum absolute atomic E-state index is 0.0979. The number of aromatic hydroxyl groups is 1. The molecule has 2 aromatic carbocycles. The molecule has 0 saturated carbocycles. The summed E-state index contributed by atoms with van der Waals surface area (Å²) in [5.41, 5.74) is 1.28. The van der Waals surface area contributed by atoms with Gasteiger partial charge < -0.3 is 10.2 Å². The smallest absolute Gasteiger partial charge is 0.335 e. The summed E-state index contributed by atoms with van der Waals surface area (Å²) in [5.74, 6) is -1.12. The SMILES string of the molecule is CN1C(=O)C(=Cc2ccccc2O)SC1=Nc1ccc(C(=O)O)cc1. The molecule has 1 aliphatic heterocycles. The monoisotopic (exact) mass is 354 g/mol. The quantitative estimate of drug-likeness (QED) is 0.825. The summed E-state index contributed by atoms with van der Waals surface area (Å²) in [7, 11) is 1.62. The third-order valence-electron chi connectivity index (χ3n) is 3.57. The molecular formula is C18H14N2O4S. The molecule has 6 nitrogen and oxygen atoms in total. The van der Waals surface area contributed by atoms with Crippen LogP contribution in [0.3, 0.4) is 0 Å². The molecule has 1 amide bonds. The molecule has 126 valence electrons. The maximum Gasteiger partial charge on any atom is 0.335 e. The van der Waals surface area contributed by atoms with Crippen molar-refractivity contribution >= 4 is 40.6 Å². The van der Waals surface area contributed by atoms with Gasteiger partial charge in [-0.05, 0) is 48.2 Å². The summed E-state index contributed by atoms with van der Waals surface area (Å²) in [6, 6.07) is 12.8. The molecule has 0 atom stereocenters. The van der Waals surface area contributed by atoms with Gasteiger partial charge in [-0.25, -0.2) is 9.79 Å². The number of amidine groups is 1. The average Bonchev–Trinajstić information content (AvgIpc) is 2.85. The first-order valence-electron chi connectivity index (χ1n) is 7.33. The van der Waals surface area contributed by atoms with Crippen molar-refractivity contribution < 1.29 is 19.8 Å². The zero-order valence-corrected chi connectivity index (χ0v) is 14.0. The van der Waals surface area contributed by atoms with E-state index in [9.17, 15) is 14.7 Å². The summed E-state index contributed by atoms with van der Waals surface area (Å²) >= 11 is 1.20. The van der Waals surface area contributed by atoms with Gasteiger partial charge in [0.1, 0.15) is 5.75 Å². The number of carbonyl (C=O) groups excluding carboxylic acids is 1. The number of phenolic OH excluding ortho intramolecular Hbond substituents is 1. The number of rotatable bonds is 3. The molecule has 7 heteroatoms. The number of likely N-dealkylation sites (N-methyl/N-ethyl adjacent to an activating group) is 1. The molecule has 2 N–H and O–H groups in total. The van der Waals surface area contributed by atoms with E-state index in [1.807, 2.05) is 0 Å². The van der Waals surface area contributed by atoms with E-state index in [0.29, 0.717) is 21.3 Å². The second kappa shape index (κ2) is 6.82. The van der Waals surface area contributed by atoms with E-state index in [1.54, 1.807) is 49.5 Å². The molecule has 2 aromatic rings. The maximum atomic E-state index is 12.4. The van der Waals surface area contributed by atoms with E-state index in [2.05, 4.69) is 4.99 Å². The highest BCUT2D eigenvalue weighted by molar-refractivity contribution is 8.18. The third-order valence-corrected chi connectivity index (χ3v) is 4.63. The van der Waals surface area contributed by atoms with Gasteiger partial charge in [0.05, 0.1) is 16.2 Å². The predicted octanol–water partition coefficient (Wildman–Crippen LogP) is 3.32. The zero-order chi connectivity index (χ0) is 18.0. The third kappa shape index (κ3) is 3.56. The van der Waals surface area contributed by atoms with Gasteiger partial charge in [0.25, 0.3) is 5.91 Å². The number of hydrogen-bond acceptors (Lipinski definition) is 5. The Balaban J connectivity index is 1.88. The topological polar surface area (TPSA) is 90.2 Å². The molecule has 1 heterocycles. The maximum absolute atomic E-state index is 12.4. The molecule has 1 fully saturated rings. The van der Waals surface area contributed by atoms with Crippen molar-refractivity contribution in [3.8, 4) is 5.75 Å². The van der Waals surface area contributed by atoms with Crippen molar-refractivity contribution in [3.05, 3.63) is 64.6 Å². The minimum atomic E-state index is -1.00. The number of nitrogens with zero attached hydrogens (tertiary/aromatic N) is 2. The first kappa shape index (κ1) is 16.8. The summed E-state index contributed by atoms with van der Waals surface area (Å²) < 4.78 is 0. The highest BCUT2D eigenvalue weighted by atomic mass is 32.2. The molecule has 0 radical (unpaired) electrons. The number of carboxylic acids is 1. The Hall–Kier alpha value is -3.06. The first-order valence-corrected chi connectivity index (χ1v) is 8.15. The van der Waals surface area contributed by atoms with Crippen LogP contribution in [0.15, 0.2) is 58.4 Å². The normalized spacial score (nSPS) is 17.5. The van der Waals surface area contributed by atoms with E-state index in [-0.39, 0.29) is 17.2 Å². The van der Waals surface area contributed by atoms with Crippen molar-refractivity contribution in [1.29, 1.82) is 0 Å². The molecule has 0 aromatic heterocycles. The lowest BCUT2D eigenvalue weighted by atomic mass is 10.2. The number of hydrogen-bond donors (Lipinski definition) is 2. The Morgan fingerprint density at radius 2 is 1.84 bits per heavy atom. The molecule has 0 aliphatic carbocycles. The van der Waals surface area contributed by atoms with Crippen molar-refractivity contribution in [2.24, 2.45) is 4.99 Å². The number of thioether (sulfide) groups is 1. The average molecular weight is 354 g/mol. The molecule has 1 saturated heterocycles. The van der Waals surface area contributed by atoms with Gasteiger partial charge >= 0.3 is 5.97 Å². The van der Waals surface area contributed by atoms with E-state index >= 15 is 0 Å². The zero-order valence-electron chi connectivity index (χ0n) is 13.2. The standard InChI is InChI=1S/C18H14N2O4S/c1-20-16(22)15(10-12-4-2-3-5-14(12)21)25-18(20)19-13-8-6-11(7-9-13)17(23)24/h2-10,21H,1H3,(H,23,24). The van der Waals surface area contributed by atoms with Gasteiger partial charge in [-0.3, -0.25) is 9.69 Å². The van der Waals surface area contributed by atoms with Gasteiger partial charge in [-0.2, -0.15) is 0 Å². The van der Waals surface area contributed by atoms with Crippen LogP contribution in [0.2, 0.25) is 0 Å². The van der Waals surface area contributed by atoms with Crippen LogP contribution in [0.1, 0.15) is 15.9 Å². The molecule has 1 aliphatic rings. The van der Waals surface area contributed by atoms with E-state index in [1.165, 1.54) is 28.8 Å². The predicted molar refractivity (Wildman–Crippen MR) is 96.9 cm³/mol. The number of benzene rings is 2. The molecule has 0 bridgehead atoms. The first-order chi connectivity index (χ1) is 12.0. The number of carbonyl (C=O) groups is 2. The molecule has 25 heavy (non-hydrogen) atoms. The summed E-state index contributed by atoms with van der Waals surface area (Å²) in [6.45, 7) is 0. The molecule has 3 rings (SSSR count). The largest absolute Gasteiger partial charge is 0.507 e. The highest BCUT2D eigenvalue weighted by Crippen LogP contribution is 2.34. The Labute approximate surface area is 148 Å². The minimum Gasteiger partial charge on any atom is -0.507 e. The lowest BCUT2D eigenvalue weighted by Gasteiger charge is -2.07. The van der Waals surface area contributed by atoms with Crippen LogP contribution in [0.25, 0.3) is 6.08 Å². The Morgan fingerprint density at radius 1 is 1.16 bits per heavy atom. The number of aromatic carboxylic acids is 1. The van der Waals surface area contributed by atoms with Crippen LogP contribution in [0.5, 0.6) is 5.75 Å². The fourth-order valence-corrected chi connectivity index (χ4v) is 3.17. The summed E-state index contributed by atoms with van der Waals surface area (Å²) in [6.07, 6.45) is 1.62. The van der Waals surface area contributed by atoms with Crippen LogP contribution in [-0.2, 0) is 4.79 Å². The van der Waals surface area contributed by atoms with Gasteiger partial charge in [-0.1, -0.05) is 18.2 Å². The van der Waals surface area contributed by atoms with Crippen LogP contribution < -0.4 is 0 Å². The number of aliphatic imine (C=N–C) groups is 1. The van der Waals surface area contributed by atoms with Gasteiger partial charge in [0.2, 0.25) is 0 Å². The summed E-state index contributed by atoms with van der Waals surface area (Å²) in [4.78, 5) is 29.5. The van der Waals surface area contributed by atoms with Crippen molar-refractivity contribution in [2.75, 3.05) is 7.05 Å². The number of carboxylic acid groups (broad SMARTS) is 1. The van der Waals surface area contributed by atoms with E-state index in [4.69, 9.17) is 5.11 Å². The fraction of sp³-hybridized carbons (Fsp3) is 0.0556. The molecule has 0 spiro atoms. The van der Waals surface area contributed by atoms with Crippen LogP contribution >= 0.6 is 11.8 Å². The lowest BCUT2D eigenvalue weighted by molar-refractivity contribution is -0.121. The number of amides is 1. The van der Waals surface area contributed by atoms with Crippen molar-refractivity contribution in [1.82, 2.24) is 4.90 Å². The Morgan fingerprint density at radius 3 is 2.48 bits per heavy atom. The van der Waals surface area contributed by atoms with Crippen LogP contribution in [-0.4, -0.2) is 39.2 Å². The van der Waals surface area contributed by atoms with Crippen molar-refractivity contribution in [2.45, 2.75) is 0 Å². The molecule has 0 unspecified atom stereocenters. The second-order valence-corrected chi connectivity index (χ2v) is 6.29. The number of phenols is 1. The lowest BCUT2D eigenvalue weighted by Crippen LogP contribution is -2.23. The summed E-state index contributed by atoms with van der Waals surface area (Å²) in [5, 5.41) is 19.2. The second-order valence-electron chi connectivity index (χ2n) is 5.28. The Kier molecular flexibility index (Phi) is 4.58. The highest BCUT2D eigenvalue weighted by Gasteiger charge is 2.30.